The summed E-state index contributed by atoms with van der Waals surface area (Å²) in [4.78, 5) is 12.1. The minimum Gasteiger partial charge on any atom is -0.320 e. The Morgan fingerprint density at radius 1 is 0.842 bits per heavy atom. The van der Waals surface area contributed by atoms with E-state index >= 15 is 0 Å². The molecule has 98 valence electrons. The molecule has 2 nitrogen and oxygen atoms in total. The average Bonchev–Trinajstić information content (AvgIpc) is 2.35. The molecule has 0 fully saturated rings. The van der Waals surface area contributed by atoms with Crippen molar-refractivity contribution >= 4 is 58.0 Å². The normalized spacial score (nSPS) is 10.3. The molecule has 0 saturated carbocycles. The predicted octanol–water partition coefficient (Wildman–Crippen LogP) is 5.55. The van der Waals surface area contributed by atoms with E-state index in [1.54, 1.807) is 36.4 Å². The first-order valence-corrected chi connectivity index (χ1v) is 6.71. The molecule has 0 aliphatic carbocycles. The highest BCUT2D eigenvalue weighted by molar-refractivity contribution is 6.44. The summed E-state index contributed by atoms with van der Waals surface area (Å²) in [5.74, 6) is -0.445. The Bertz CT molecular complexity index is 622. The fourth-order valence-corrected chi connectivity index (χ4v) is 2.42. The molecular weight excluding hydrogens is 328 g/mol. The van der Waals surface area contributed by atoms with Crippen LogP contribution in [0.3, 0.4) is 0 Å². The lowest BCUT2D eigenvalue weighted by atomic mass is 10.2. The number of hydrogen-bond acceptors (Lipinski definition) is 1. The third kappa shape index (κ3) is 3.15. The zero-order valence-corrected chi connectivity index (χ0v) is 12.4. The molecule has 0 spiro atoms. The van der Waals surface area contributed by atoms with Gasteiger partial charge in [0.2, 0.25) is 0 Å². The zero-order chi connectivity index (χ0) is 14.0. The molecule has 19 heavy (non-hydrogen) atoms. The third-order valence-corrected chi connectivity index (χ3v) is 3.84. The highest BCUT2D eigenvalue weighted by Crippen LogP contribution is 2.31. The van der Waals surface area contributed by atoms with Gasteiger partial charge in [0.15, 0.2) is 0 Å². The number of rotatable bonds is 2. The van der Waals surface area contributed by atoms with Crippen LogP contribution in [0.2, 0.25) is 20.1 Å². The molecule has 0 heterocycles. The Morgan fingerprint density at radius 2 is 1.37 bits per heavy atom. The van der Waals surface area contributed by atoms with Crippen molar-refractivity contribution in [2.24, 2.45) is 0 Å². The van der Waals surface area contributed by atoms with Crippen molar-refractivity contribution < 1.29 is 4.79 Å². The van der Waals surface area contributed by atoms with E-state index in [2.05, 4.69) is 5.32 Å². The van der Waals surface area contributed by atoms with E-state index in [4.69, 9.17) is 46.4 Å². The highest BCUT2D eigenvalue weighted by atomic mass is 35.5. The molecule has 0 aromatic heterocycles. The Morgan fingerprint density at radius 3 is 2.00 bits per heavy atom. The van der Waals surface area contributed by atoms with Crippen molar-refractivity contribution in [3.05, 3.63) is 62.1 Å². The molecule has 0 bridgehead atoms. The number of nitrogens with one attached hydrogen (secondary N) is 1. The van der Waals surface area contributed by atoms with E-state index in [1.807, 2.05) is 0 Å². The Balaban J connectivity index is 2.34. The second-order valence-corrected chi connectivity index (χ2v) is 5.25. The lowest BCUT2D eigenvalue weighted by Crippen LogP contribution is -2.13. The van der Waals surface area contributed by atoms with Gasteiger partial charge < -0.3 is 5.32 Å². The van der Waals surface area contributed by atoms with Gasteiger partial charge in [-0.1, -0.05) is 58.5 Å². The van der Waals surface area contributed by atoms with Crippen molar-refractivity contribution in [3.63, 3.8) is 0 Å². The number of carbonyl (C=O) groups excluding carboxylic acids is 1. The van der Waals surface area contributed by atoms with Gasteiger partial charge in [0.1, 0.15) is 0 Å². The zero-order valence-electron chi connectivity index (χ0n) is 9.38. The first kappa shape index (κ1) is 14.5. The van der Waals surface area contributed by atoms with E-state index in [0.29, 0.717) is 10.7 Å². The molecule has 1 amide bonds. The summed E-state index contributed by atoms with van der Waals surface area (Å²) >= 11 is 23.8. The first-order valence-electron chi connectivity index (χ1n) is 5.20. The van der Waals surface area contributed by atoms with Gasteiger partial charge in [-0.25, -0.2) is 0 Å². The second kappa shape index (κ2) is 6.02. The Labute approximate surface area is 130 Å². The van der Waals surface area contributed by atoms with E-state index in [0.717, 1.165) is 0 Å². The van der Waals surface area contributed by atoms with Crippen molar-refractivity contribution in [3.8, 4) is 0 Å². The SMILES string of the molecule is O=C(Nc1cccc(Cl)c1Cl)c1c(Cl)cccc1Cl. The van der Waals surface area contributed by atoms with Crippen molar-refractivity contribution in [1.82, 2.24) is 0 Å². The molecule has 2 aromatic carbocycles. The maximum absolute atomic E-state index is 12.1. The standard InChI is InChI=1S/C13H7Cl4NO/c14-7-3-1-4-8(15)11(7)13(19)18-10-6-2-5-9(16)12(10)17/h1-6H,(H,18,19). The summed E-state index contributed by atoms with van der Waals surface area (Å²) in [7, 11) is 0. The van der Waals surface area contributed by atoms with Crippen molar-refractivity contribution in [2.45, 2.75) is 0 Å². The Kier molecular flexibility index (Phi) is 4.58. The van der Waals surface area contributed by atoms with E-state index in [9.17, 15) is 4.79 Å². The molecule has 0 unspecified atom stereocenters. The van der Waals surface area contributed by atoms with Crippen LogP contribution in [0.25, 0.3) is 0 Å². The van der Waals surface area contributed by atoms with Gasteiger partial charge in [0.25, 0.3) is 5.91 Å². The number of benzene rings is 2. The van der Waals surface area contributed by atoms with Crippen LogP contribution in [0, 0.1) is 0 Å². The van der Waals surface area contributed by atoms with Gasteiger partial charge >= 0.3 is 0 Å². The summed E-state index contributed by atoms with van der Waals surface area (Å²) in [6.45, 7) is 0. The fourth-order valence-electron chi connectivity index (χ4n) is 1.50. The number of halogens is 4. The van der Waals surface area contributed by atoms with Gasteiger partial charge in [-0.05, 0) is 24.3 Å². The monoisotopic (exact) mass is 333 g/mol. The summed E-state index contributed by atoms with van der Waals surface area (Å²) in [5, 5.41) is 3.77. The fraction of sp³-hybridized carbons (Fsp3) is 0. The molecule has 0 aliphatic rings. The quantitative estimate of drug-likeness (QED) is 0.766. The topological polar surface area (TPSA) is 29.1 Å². The largest absolute Gasteiger partial charge is 0.320 e. The lowest BCUT2D eigenvalue weighted by Gasteiger charge is -2.10. The van der Waals surface area contributed by atoms with E-state index in [-0.39, 0.29) is 20.6 Å². The van der Waals surface area contributed by atoms with Gasteiger partial charge in [0.05, 0.1) is 31.3 Å². The summed E-state index contributed by atoms with van der Waals surface area (Å²) in [6.07, 6.45) is 0. The van der Waals surface area contributed by atoms with Crippen LogP contribution in [0.4, 0.5) is 5.69 Å². The van der Waals surface area contributed by atoms with Crippen LogP contribution in [-0.2, 0) is 0 Å². The molecule has 0 radical (unpaired) electrons. The summed E-state index contributed by atoms with van der Waals surface area (Å²) in [5.41, 5.74) is 0.594. The molecular formula is C13H7Cl4NO. The predicted molar refractivity (Wildman–Crippen MR) is 80.9 cm³/mol. The minimum absolute atomic E-state index is 0.196. The van der Waals surface area contributed by atoms with Gasteiger partial charge in [-0.2, -0.15) is 0 Å². The smallest absolute Gasteiger partial charge is 0.258 e. The highest BCUT2D eigenvalue weighted by Gasteiger charge is 2.16. The van der Waals surface area contributed by atoms with Crippen LogP contribution in [0.5, 0.6) is 0 Å². The van der Waals surface area contributed by atoms with Crippen LogP contribution < -0.4 is 5.32 Å². The van der Waals surface area contributed by atoms with Crippen LogP contribution >= 0.6 is 46.4 Å². The second-order valence-electron chi connectivity index (χ2n) is 3.65. The first-order chi connectivity index (χ1) is 9.00. The molecule has 0 saturated heterocycles. The average molecular weight is 335 g/mol. The summed E-state index contributed by atoms with van der Waals surface area (Å²) < 4.78 is 0. The molecule has 2 aromatic rings. The number of anilines is 1. The molecule has 1 N–H and O–H groups in total. The molecule has 6 heteroatoms. The maximum Gasteiger partial charge on any atom is 0.258 e. The van der Waals surface area contributed by atoms with Crippen molar-refractivity contribution in [1.29, 1.82) is 0 Å². The molecule has 0 aliphatic heterocycles. The third-order valence-electron chi connectivity index (χ3n) is 2.39. The van der Waals surface area contributed by atoms with E-state index in [1.165, 1.54) is 0 Å². The van der Waals surface area contributed by atoms with Gasteiger partial charge in [-0.3, -0.25) is 4.79 Å². The van der Waals surface area contributed by atoms with Crippen LogP contribution in [0.15, 0.2) is 36.4 Å². The Hall–Kier alpha value is -0.930. The van der Waals surface area contributed by atoms with Crippen LogP contribution in [-0.4, -0.2) is 5.91 Å². The van der Waals surface area contributed by atoms with Gasteiger partial charge in [-0.15, -0.1) is 0 Å². The minimum atomic E-state index is -0.445. The van der Waals surface area contributed by atoms with Crippen molar-refractivity contribution in [2.75, 3.05) is 5.32 Å². The number of hydrogen-bond donors (Lipinski definition) is 1. The lowest BCUT2D eigenvalue weighted by molar-refractivity contribution is 0.102. The van der Waals surface area contributed by atoms with Gasteiger partial charge in [0, 0.05) is 0 Å². The molecule has 2 rings (SSSR count). The maximum atomic E-state index is 12.1. The molecule has 0 atom stereocenters. The summed E-state index contributed by atoms with van der Waals surface area (Å²) in [6, 6.07) is 9.77. The van der Waals surface area contributed by atoms with E-state index < -0.39 is 5.91 Å². The van der Waals surface area contributed by atoms with Crippen LogP contribution in [0.1, 0.15) is 10.4 Å². The number of amides is 1. The number of carbonyl (C=O) groups is 1.